The first kappa shape index (κ1) is 15.7. The SMILES string of the molecule is CC(c1nccs1)N1CCN(c2nc(-c3ccccc3)cs2)CC1. The van der Waals surface area contributed by atoms with Crippen LogP contribution in [0.25, 0.3) is 11.3 Å². The normalized spacial score (nSPS) is 17.1. The Labute approximate surface area is 150 Å². The summed E-state index contributed by atoms with van der Waals surface area (Å²) in [7, 11) is 0. The summed E-state index contributed by atoms with van der Waals surface area (Å²) < 4.78 is 0. The standard InChI is InChI=1S/C18H20N4S2/c1-14(17-19-7-12-23-17)21-8-10-22(11-9-21)18-20-16(13-24-18)15-5-3-2-4-6-15/h2-7,12-14H,8-11H2,1H3. The number of thiazole rings is 2. The maximum Gasteiger partial charge on any atom is 0.185 e. The second-order valence-electron chi connectivity index (χ2n) is 5.95. The molecule has 1 unspecified atom stereocenters. The van der Waals surface area contributed by atoms with Crippen molar-refractivity contribution >= 4 is 27.8 Å². The van der Waals surface area contributed by atoms with Crippen molar-refractivity contribution in [2.75, 3.05) is 31.1 Å². The summed E-state index contributed by atoms with van der Waals surface area (Å²) in [6.07, 6.45) is 1.90. The third-order valence-corrected chi connectivity index (χ3v) is 6.35. The summed E-state index contributed by atoms with van der Waals surface area (Å²) in [5.74, 6) is 0. The van der Waals surface area contributed by atoms with Gasteiger partial charge in [0, 0.05) is 48.7 Å². The quantitative estimate of drug-likeness (QED) is 0.703. The van der Waals surface area contributed by atoms with Gasteiger partial charge < -0.3 is 4.90 Å². The van der Waals surface area contributed by atoms with E-state index in [0.717, 1.165) is 37.0 Å². The Bertz CT molecular complexity index is 761. The van der Waals surface area contributed by atoms with Crippen molar-refractivity contribution < 1.29 is 0 Å². The van der Waals surface area contributed by atoms with Crippen LogP contribution in [0.15, 0.2) is 47.3 Å². The zero-order valence-corrected chi connectivity index (χ0v) is 15.3. The van der Waals surface area contributed by atoms with E-state index in [9.17, 15) is 0 Å². The van der Waals surface area contributed by atoms with Crippen molar-refractivity contribution in [3.05, 3.63) is 52.3 Å². The van der Waals surface area contributed by atoms with E-state index in [1.165, 1.54) is 10.6 Å². The van der Waals surface area contributed by atoms with Gasteiger partial charge in [-0.15, -0.1) is 22.7 Å². The molecule has 124 valence electrons. The highest BCUT2D eigenvalue weighted by molar-refractivity contribution is 7.14. The molecule has 1 aliphatic rings. The first-order valence-corrected chi connectivity index (χ1v) is 9.96. The smallest absolute Gasteiger partial charge is 0.185 e. The molecule has 4 nitrogen and oxygen atoms in total. The van der Waals surface area contributed by atoms with Gasteiger partial charge in [0.1, 0.15) is 5.01 Å². The lowest BCUT2D eigenvalue weighted by molar-refractivity contribution is 0.198. The van der Waals surface area contributed by atoms with Crippen LogP contribution in [0.3, 0.4) is 0 Å². The molecule has 6 heteroatoms. The van der Waals surface area contributed by atoms with Crippen LogP contribution >= 0.6 is 22.7 Å². The third kappa shape index (κ3) is 3.22. The molecule has 0 spiro atoms. The Balaban J connectivity index is 1.40. The Morgan fingerprint density at radius 3 is 2.54 bits per heavy atom. The highest BCUT2D eigenvalue weighted by atomic mass is 32.1. The van der Waals surface area contributed by atoms with Crippen LogP contribution in [-0.4, -0.2) is 41.0 Å². The minimum absolute atomic E-state index is 0.406. The number of piperazine rings is 1. The van der Waals surface area contributed by atoms with Crippen molar-refractivity contribution in [1.82, 2.24) is 14.9 Å². The number of benzene rings is 1. The maximum atomic E-state index is 4.84. The Morgan fingerprint density at radius 1 is 1.04 bits per heavy atom. The molecule has 3 heterocycles. The van der Waals surface area contributed by atoms with Gasteiger partial charge in [0.25, 0.3) is 0 Å². The molecule has 0 N–H and O–H groups in total. The van der Waals surface area contributed by atoms with Gasteiger partial charge in [-0.1, -0.05) is 30.3 Å². The van der Waals surface area contributed by atoms with Crippen LogP contribution in [0.4, 0.5) is 5.13 Å². The van der Waals surface area contributed by atoms with Gasteiger partial charge in [-0.3, -0.25) is 4.90 Å². The zero-order chi connectivity index (χ0) is 16.4. The summed E-state index contributed by atoms with van der Waals surface area (Å²) in [5.41, 5.74) is 2.27. The molecule has 3 aromatic rings. The summed E-state index contributed by atoms with van der Waals surface area (Å²) in [4.78, 5) is 14.2. The second-order valence-corrected chi connectivity index (χ2v) is 7.71. The van der Waals surface area contributed by atoms with E-state index >= 15 is 0 Å². The van der Waals surface area contributed by atoms with Crippen LogP contribution in [0, 0.1) is 0 Å². The van der Waals surface area contributed by atoms with E-state index in [2.05, 4.69) is 56.7 Å². The predicted molar refractivity (Wildman–Crippen MR) is 102 cm³/mol. The Kier molecular flexibility index (Phi) is 4.60. The van der Waals surface area contributed by atoms with Crippen LogP contribution in [-0.2, 0) is 0 Å². The highest BCUT2D eigenvalue weighted by Gasteiger charge is 2.24. The van der Waals surface area contributed by atoms with Crippen LogP contribution in [0.5, 0.6) is 0 Å². The summed E-state index contributed by atoms with van der Waals surface area (Å²) in [6, 6.07) is 10.8. The molecular weight excluding hydrogens is 336 g/mol. The number of aromatic nitrogens is 2. The van der Waals surface area contributed by atoms with Crippen molar-refractivity contribution in [2.45, 2.75) is 13.0 Å². The third-order valence-electron chi connectivity index (χ3n) is 4.50. The molecule has 4 rings (SSSR count). The van der Waals surface area contributed by atoms with Crippen LogP contribution in [0.2, 0.25) is 0 Å². The van der Waals surface area contributed by atoms with Gasteiger partial charge >= 0.3 is 0 Å². The Morgan fingerprint density at radius 2 is 1.83 bits per heavy atom. The Hall–Kier alpha value is -1.76. The van der Waals surface area contributed by atoms with Crippen molar-refractivity contribution in [3.63, 3.8) is 0 Å². The van der Waals surface area contributed by atoms with Crippen LogP contribution in [0.1, 0.15) is 18.0 Å². The van der Waals surface area contributed by atoms with E-state index in [0.29, 0.717) is 6.04 Å². The highest BCUT2D eigenvalue weighted by Crippen LogP contribution is 2.29. The van der Waals surface area contributed by atoms with E-state index < -0.39 is 0 Å². The molecule has 2 aromatic heterocycles. The average molecular weight is 357 g/mol. The lowest BCUT2D eigenvalue weighted by Gasteiger charge is -2.37. The van der Waals surface area contributed by atoms with Crippen molar-refractivity contribution in [3.8, 4) is 11.3 Å². The first-order valence-electron chi connectivity index (χ1n) is 8.20. The minimum atomic E-state index is 0.406. The number of rotatable bonds is 4. The topological polar surface area (TPSA) is 32.3 Å². The minimum Gasteiger partial charge on any atom is -0.346 e. The fourth-order valence-electron chi connectivity index (χ4n) is 3.05. The predicted octanol–water partition coefficient (Wildman–Crippen LogP) is 4.15. The summed E-state index contributed by atoms with van der Waals surface area (Å²) >= 11 is 3.49. The maximum absolute atomic E-state index is 4.84. The van der Waals surface area contributed by atoms with Gasteiger partial charge in [0.15, 0.2) is 5.13 Å². The molecule has 1 fully saturated rings. The molecule has 0 saturated carbocycles. The van der Waals surface area contributed by atoms with E-state index in [1.807, 2.05) is 12.3 Å². The van der Waals surface area contributed by atoms with Gasteiger partial charge in [0.05, 0.1) is 11.7 Å². The fourth-order valence-corrected chi connectivity index (χ4v) is 4.67. The molecule has 0 aliphatic carbocycles. The number of hydrogen-bond donors (Lipinski definition) is 0. The fraction of sp³-hybridized carbons (Fsp3) is 0.333. The van der Waals surface area contributed by atoms with Crippen molar-refractivity contribution in [2.24, 2.45) is 0 Å². The molecule has 24 heavy (non-hydrogen) atoms. The lowest BCUT2D eigenvalue weighted by atomic mass is 10.2. The summed E-state index contributed by atoms with van der Waals surface area (Å²) in [6.45, 7) is 6.42. The molecular formula is C18H20N4S2. The lowest BCUT2D eigenvalue weighted by Crippen LogP contribution is -2.47. The van der Waals surface area contributed by atoms with Crippen molar-refractivity contribution in [1.29, 1.82) is 0 Å². The molecule has 1 saturated heterocycles. The number of nitrogens with zero attached hydrogens (tertiary/aromatic N) is 4. The molecule has 0 bridgehead atoms. The number of hydrogen-bond acceptors (Lipinski definition) is 6. The average Bonchev–Trinajstić information content (AvgIpc) is 3.34. The molecule has 0 radical (unpaired) electrons. The monoisotopic (exact) mass is 356 g/mol. The second kappa shape index (κ2) is 7.01. The van der Waals surface area contributed by atoms with E-state index in [1.54, 1.807) is 22.7 Å². The van der Waals surface area contributed by atoms with Gasteiger partial charge in [-0.05, 0) is 6.92 Å². The van der Waals surface area contributed by atoms with E-state index in [4.69, 9.17) is 4.98 Å². The zero-order valence-electron chi connectivity index (χ0n) is 13.6. The van der Waals surface area contributed by atoms with Gasteiger partial charge in [0.2, 0.25) is 0 Å². The first-order chi connectivity index (χ1) is 11.8. The molecule has 0 amide bonds. The molecule has 1 atom stereocenters. The van der Waals surface area contributed by atoms with Crippen LogP contribution < -0.4 is 4.90 Å². The van der Waals surface area contributed by atoms with Gasteiger partial charge in [-0.25, -0.2) is 9.97 Å². The molecule has 1 aliphatic heterocycles. The molecule has 1 aromatic carbocycles. The number of anilines is 1. The van der Waals surface area contributed by atoms with E-state index in [-0.39, 0.29) is 0 Å². The van der Waals surface area contributed by atoms with Gasteiger partial charge in [-0.2, -0.15) is 0 Å². The largest absolute Gasteiger partial charge is 0.346 e. The summed E-state index contributed by atoms with van der Waals surface area (Å²) in [5, 5.41) is 6.57.